The molecule has 0 bridgehead atoms. The molecule has 19 heavy (non-hydrogen) atoms. The smallest absolute Gasteiger partial charge is 0.264 e. The lowest BCUT2D eigenvalue weighted by molar-refractivity contribution is 0.601. The Morgan fingerprint density at radius 2 is 1.74 bits per heavy atom. The van der Waals surface area contributed by atoms with Crippen LogP contribution in [0.25, 0.3) is 0 Å². The fraction of sp³-hybridized carbons (Fsp3) is 0. The summed E-state index contributed by atoms with van der Waals surface area (Å²) in [5.74, 6) is 0. The predicted molar refractivity (Wildman–Crippen MR) is 77.5 cm³/mol. The summed E-state index contributed by atoms with van der Waals surface area (Å²) in [4.78, 5) is -0.0765. The SMILES string of the molecule is Nc1ccc(N)c(S(=O)(=O)Nc2ccccc2Cl)c1. The van der Waals surface area contributed by atoms with E-state index in [9.17, 15) is 8.42 Å². The molecule has 0 amide bonds. The maximum Gasteiger partial charge on any atom is 0.264 e. The molecule has 0 aromatic heterocycles. The zero-order valence-electron chi connectivity index (χ0n) is 9.80. The van der Waals surface area contributed by atoms with E-state index < -0.39 is 10.0 Å². The van der Waals surface area contributed by atoms with E-state index >= 15 is 0 Å². The summed E-state index contributed by atoms with van der Waals surface area (Å²) in [6, 6.07) is 10.8. The number of nitrogen functional groups attached to an aromatic ring is 2. The maximum absolute atomic E-state index is 12.2. The van der Waals surface area contributed by atoms with Gasteiger partial charge < -0.3 is 11.5 Å². The average molecular weight is 298 g/mol. The molecule has 0 saturated carbocycles. The summed E-state index contributed by atoms with van der Waals surface area (Å²) in [7, 11) is -3.83. The zero-order chi connectivity index (χ0) is 14.0. The first kappa shape index (κ1) is 13.5. The summed E-state index contributed by atoms with van der Waals surface area (Å²) in [5, 5.41) is 0.300. The number of halogens is 1. The number of benzene rings is 2. The molecule has 5 nitrogen and oxygen atoms in total. The highest BCUT2D eigenvalue weighted by Gasteiger charge is 2.18. The molecule has 0 aliphatic carbocycles. The second kappa shape index (κ2) is 4.99. The van der Waals surface area contributed by atoms with Crippen molar-refractivity contribution in [1.29, 1.82) is 0 Å². The third kappa shape index (κ3) is 2.91. The third-order valence-corrected chi connectivity index (χ3v) is 4.20. The van der Waals surface area contributed by atoms with E-state index in [0.717, 1.165) is 0 Å². The van der Waals surface area contributed by atoms with Crippen LogP contribution in [-0.2, 0) is 10.0 Å². The number of nitrogens with one attached hydrogen (secondary N) is 1. The Bertz CT molecular complexity index is 717. The minimum atomic E-state index is -3.83. The minimum Gasteiger partial charge on any atom is -0.399 e. The van der Waals surface area contributed by atoms with Crippen LogP contribution in [0.4, 0.5) is 17.1 Å². The molecule has 0 heterocycles. The molecule has 2 aromatic rings. The molecule has 0 saturated heterocycles. The van der Waals surface area contributed by atoms with Crippen LogP contribution in [-0.4, -0.2) is 8.42 Å². The molecule has 0 spiro atoms. The van der Waals surface area contributed by atoms with Crippen molar-refractivity contribution in [1.82, 2.24) is 0 Å². The van der Waals surface area contributed by atoms with Crippen molar-refractivity contribution in [2.75, 3.05) is 16.2 Å². The molecule has 0 unspecified atom stereocenters. The van der Waals surface area contributed by atoms with Crippen LogP contribution in [0, 0.1) is 0 Å². The Hall–Kier alpha value is -1.92. The number of nitrogens with two attached hydrogens (primary N) is 2. The lowest BCUT2D eigenvalue weighted by Gasteiger charge is -2.11. The molecule has 2 aromatic carbocycles. The topological polar surface area (TPSA) is 98.2 Å². The molecule has 0 atom stereocenters. The fourth-order valence-corrected chi connectivity index (χ4v) is 3.01. The van der Waals surface area contributed by atoms with Crippen LogP contribution < -0.4 is 16.2 Å². The van der Waals surface area contributed by atoms with Crippen molar-refractivity contribution in [3.05, 3.63) is 47.5 Å². The number of anilines is 3. The highest BCUT2D eigenvalue weighted by atomic mass is 35.5. The number of hydrogen-bond acceptors (Lipinski definition) is 4. The molecular weight excluding hydrogens is 286 g/mol. The predicted octanol–water partition coefficient (Wildman–Crippen LogP) is 2.31. The van der Waals surface area contributed by atoms with Crippen molar-refractivity contribution in [3.63, 3.8) is 0 Å². The Balaban J connectivity index is 2.44. The number of sulfonamides is 1. The highest BCUT2D eigenvalue weighted by molar-refractivity contribution is 7.92. The van der Waals surface area contributed by atoms with Gasteiger partial charge in [0.05, 0.1) is 16.4 Å². The van der Waals surface area contributed by atoms with Gasteiger partial charge in [-0.15, -0.1) is 0 Å². The van der Waals surface area contributed by atoms with Gasteiger partial charge in [0, 0.05) is 5.69 Å². The fourth-order valence-electron chi connectivity index (χ4n) is 1.53. The average Bonchev–Trinajstić information content (AvgIpc) is 2.35. The molecule has 0 aliphatic heterocycles. The minimum absolute atomic E-state index is 0.0765. The van der Waals surface area contributed by atoms with Crippen LogP contribution >= 0.6 is 11.6 Å². The molecule has 0 aliphatic rings. The van der Waals surface area contributed by atoms with Gasteiger partial charge in [-0.3, -0.25) is 4.72 Å². The number of hydrogen-bond donors (Lipinski definition) is 3. The van der Waals surface area contributed by atoms with Gasteiger partial charge in [-0.2, -0.15) is 0 Å². The van der Waals surface area contributed by atoms with Crippen LogP contribution in [0.3, 0.4) is 0 Å². The van der Waals surface area contributed by atoms with E-state index in [0.29, 0.717) is 10.7 Å². The van der Waals surface area contributed by atoms with Gasteiger partial charge in [0.25, 0.3) is 10.0 Å². The molecule has 0 radical (unpaired) electrons. The first-order chi connectivity index (χ1) is 8.90. The summed E-state index contributed by atoms with van der Waals surface area (Å²) in [6.07, 6.45) is 0. The van der Waals surface area contributed by atoms with Crippen molar-refractivity contribution < 1.29 is 8.42 Å². The quantitative estimate of drug-likeness (QED) is 0.757. The van der Waals surface area contributed by atoms with E-state index in [2.05, 4.69) is 4.72 Å². The number of para-hydroxylation sites is 1. The first-order valence-electron chi connectivity index (χ1n) is 5.32. The van der Waals surface area contributed by atoms with E-state index in [4.69, 9.17) is 23.1 Å². The lowest BCUT2D eigenvalue weighted by Crippen LogP contribution is -2.15. The summed E-state index contributed by atoms with van der Waals surface area (Å²) in [6.45, 7) is 0. The van der Waals surface area contributed by atoms with Crippen molar-refractivity contribution in [2.24, 2.45) is 0 Å². The van der Waals surface area contributed by atoms with Gasteiger partial charge in [-0.1, -0.05) is 23.7 Å². The standard InChI is InChI=1S/C12H12ClN3O2S/c13-9-3-1-2-4-11(9)16-19(17,18)12-7-8(14)5-6-10(12)15/h1-7,16H,14-15H2. The number of rotatable bonds is 3. The first-order valence-corrected chi connectivity index (χ1v) is 7.18. The summed E-state index contributed by atoms with van der Waals surface area (Å²) >= 11 is 5.91. The molecule has 100 valence electrons. The Morgan fingerprint density at radius 3 is 2.42 bits per heavy atom. The van der Waals surface area contributed by atoms with E-state index in [-0.39, 0.29) is 16.3 Å². The van der Waals surface area contributed by atoms with Crippen molar-refractivity contribution >= 4 is 38.7 Å². The van der Waals surface area contributed by atoms with Crippen LogP contribution in [0.1, 0.15) is 0 Å². The molecule has 0 fully saturated rings. The Labute approximate surface area is 116 Å². The van der Waals surface area contributed by atoms with Crippen LogP contribution in [0.15, 0.2) is 47.4 Å². The lowest BCUT2D eigenvalue weighted by atomic mass is 10.3. The van der Waals surface area contributed by atoms with Gasteiger partial charge in [-0.25, -0.2) is 8.42 Å². The van der Waals surface area contributed by atoms with Crippen molar-refractivity contribution in [2.45, 2.75) is 4.90 Å². The normalized spacial score (nSPS) is 11.2. The maximum atomic E-state index is 12.2. The second-order valence-corrected chi connectivity index (χ2v) is 5.94. The summed E-state index contributed by atoms with van der Waals surface area (Å²) in [5.41, 5.74) is 11.9. The zero-order valence-corrected chi connectivity index (χ0v) is 11.4. The molecule has 2 rings (SSSR count). The van der Waals surface area contributed by atoms with Crippen LogP contribution in [0.2, 0.25) is 5.02 Å². The largest absolute Gasteiger partial charge is 0.399 e. The van der Waals surface area contributed by atoms with Gasteiger partial charge in [0.2, 0.25) is 0 Å². The van der Waals surface area contributed by atoms with Gasteiger partial charge >= 0.3 is 0 Å². The highest BCUT2D eigenvalue weighted by Crippen LogP contribution is 2.27. The van der Waals surface area contributed by atoms with Gasteiger partial charge in [-0.05, 0) is 30.3 Å². The Morgan fingerprint density at radius 1 is 1.05 bits per heavy atom. The third-order valence-electron chi connectivity index (χ3n) is 2.45. The van der Waals surface area contributed by atoms with Gasteiger partial charge in [0.1, 0.15) is 4.90 Å². The van der Waals surface area contributed by atoms with Crippen LogP contribution in [0.5, 0.6) is 0 Å². The van der Waals surface area contributed by atoms with E-state index in [1.807, 2.05) is 0 Å². The Kier molecular flexibility index (Phi) is 3.55. The molecule has 5 N–H and O–H groups in total. The summed E-state index contributed by atoms with van der Waals surface area (Å²) < 4.78 is 26.8. The second-order valence-electron chi connectivity index (χ2n) is 3.88. The molecular formula is C12H12ClN3O2S. The van der Waals surface area contributed by atoms with E-state index in [1.54, 1.807) is 24.3 Å². The van der Waals surface area contributed by atoms with Crippen molar-refractivity contribution in [3.8, 4) is 0 Å². The monoisotopic (exact) mass is 297 g/mol. The molecule has 7 heteroatoms. The van der Waals surface area contributed by atoms with E-state index in [1.165, 1.54) is 18.2 Å². The van der Waals surface area contributed by atoms with Gasteiger partial charge in [0.15, 0.2) is 0 Å².